The van der Waals surface area contributed by atoms with E-state index in [2.05, 4.69) is 25.5 Å². The lowest BCUT2D eigenvalue weighted by atomic mass is 10.1. The summed E-state index contributed by atoms with van der Waals surface area (Å²) in [7, 11) is 0. The Morgan fingerprint density at radius 3 is 2.50 bits per heavy atom. The highest BCUT2D eigenvalue weighted by molar-refractivity contribution is 5.94. The molecule has 3 rings (SSSR count). The van der Waals surface area contributed by atoms with Crippen molar-refractivity contribution in [2.24, 2.45) is 0 Å². The molecule has 1 aromatic carbocycles. The molecule has 0 spiro atoms. The zero-order valence-corrected chi connectivity index (χ0v) is 15.6. The Morgan fingerprint density at radius 1 is 1.04 bits per heavy atom. The van der Waals surface area contributed by atoms with Crippen molar-refractivity contribution in [3.8, 4) is 0 Å². The number of carbonyl (C=O) groups excluding carboxylic acids is 1. The molecule has 1 amide bonds. The van der Waals surface area contributed by atoms with Crippen molar-refractivity contribution in [3.05, 3.63) is 47.2 Å². The molecular weight excluding hydrogens is 326 g/mol. The molecule has 1 fully saturated rings. The van der Waals surface area contributed by atoms with Crippen LogP contribution in [0.4, 0.5) is 11.8 Å². The van der Waals surface area contributed by atoms with Crippen molar-refractivity contribution in [2.45, 2.75) is 33.1 Å². The lowest BCUT2D eigenvalue weighted by Crippen LogP contribution is -2.31. The molecule has 1 aliphatic heterocycles. The van der Waals surface area contributed by atoms with Crippen LogP contribution in [0.25, 0.3) is 0 Å². The molecule has 138 valence electrons. The molecule has 0 saturated carbocycles. The van der Waals surface area contributed by atoms with E-state index < -0.39 is 0 Å². The summed E-state index contributed by atoms with van der Waals surface area (Å²) < 4.78 is 0. The van der Waals surface area contributed by atoms with Crippen LogP contribution in [0.2, 0.25) is 0 Å². The SMILES string of the molecule is Cc1ccc(C(=O)NCCNc2nc(C)cc(N3CCCCC3)n2)cc1. The van der Waals surface area contributed by atoms with Gasteiger partial charge in [0.2, 0.25) is 5.95 Å². The third kappa shape index (κ3) is 4.94. The number of nitrogens with one attached hydrogen (secondary N) is 2. The number of anilines is 2. The van der Waals surface area contributed by atoms with Gasteiger partial charge in [0.25, 0.3) is 5.91 Å². The maximum atomic E-state index is 12.1. The first-order chi connectivity index (χ1) is 12.6. The Bertz CT molecular complexity index is 738. The first kappa shape index (κ1) is 18.2. The molecule has 2 aromatic rings. The van der Waals surface area contributed by atoms with Crippen molar-refractivity contribution in [1.29, 1.82) is 0 Å². The van der Waals surface area contributed by atoms with Gasteiger partial charge in [-0.25, -0.2) is 4.98 Å². The minimum atomic E-state index is -0.0639. The zero-order valence-electron chi connectivity index (χ0n) is 15.6. The fraction of sp³-hybridized carbons (Fsp3) is 0.450. The van der Waals surface area contributed by atoms with Gasteiger partial charge in [-0.2, -0.15) is 4.98 Å². The fourth-order valence-electron chi connectivity index (χ4n) is 3.07. The Hall–Kier alpha value is -2.63. The number of hydrogen-bond acceptors (Lipinski definition) is 5. The number of piperidine rings is 1. The normalized spacial score (nSPS) is 14.2. The molecule has 6 heteroatoms. The topological polar surface area (TPSA) is 70.2 Å². The van der Waals surface area contributed by atoms with Gasteiger partial charge in [-0.1, -0.05) is 17.7 Å². The number of aromatic nitrogens is 2. The van der Waals surface area contributed by atoms with Crippen LogP contribution in [0.3, 0.4) is 0 Å². The van der Waals surface area contributed by atoms with Crippen LogP contribution >= 0.6 is 0 Å². The molecule has 0 atom stereocenters. The molecule has 1 saturated heterocycles. The third-order valence-corrected chi connectivity index (χ3v) is 4.53. The second-order valence-electron chi connectivity index (χ2n) is 6.79. The molecule has 2 heterocycles. The molecular formula is C20H27N5O. The number of benzene rings is 1. The van der Waals surface area contributed by atoms with Crippen LogP contribution in [0.5, 0.6) is 0 Å². The largest absolute Gasteiger partial charge is 0.356 e. The first-order valence-corrected chi connectivity index (χ1v) is 9.31. The summed E-state index contributed by atoms with van der Waals surface area (Å²) >= 11 is 0. The number of rotatable bonds is 6. The monoisotopic (exact) mass is 353 g/mol. The summed E-state index contributed by atoms with van der Waals surface area (Å²) in [6.45, 7) is 7.21. The first-order valence-electron chi connectivity index (χ1n) is 9.31. The quantitative estimate of drug-likeness (QED) is 0.782. The summed E-state index contributed by atoms with van der Waals surface area (Å²) in [5, 5.41) is 6.13. The minimum Gasteiger partial charge on any atom is -0.356 e. The van der Waals surface area contributed by atoms with Gasteiger partial charge in [-0.15, -0.1) is 0 Å². The van der Waals surface area contributed by atoms with Crippen molar-refractivity contribution in [3.63, 3.8) is 0 Å². The van der Waals surface area contributed by atoms with Gasteiger partial charge < -0.3 is 15.5 Å². The number of nitrogens with zero attached hydrogens (tertiary/aromatic N) is 3. The van der Waals surface area contributed by atoms with Crippen LogP contribution in [0.15, 0.2) is 30.3 Å². The second-order valence-corrected chi connectivity index (χ2v) is 6.79. The molecule has 0 aliphatic carbocycles. The molecule has 0 radical (unpaired) electrons. The summed E-state index contributed by atoms with van der Waals surface area (Å²) in [6.07, 6.45) is 3.74. The van der Waals surface area contributed by atoms with Crippen molar-refractivity contribution < 1.29 is 4.79 Å². The molecule has 6 nitrogen and oxygen atoms in total. The smallest absolute Gasteiger partial charge is 0.251 e. The Balaban J connectivity index is 1.50. The van der Waals surface area contributed by atoms with Gasteiger partial charge in [0.05, 0.1) is 0 Å². The standard InChI is InChI=1S/C20H27N5O/c1-15-6-8-17(9-7-15)19(26)21-10-11-22-20-23-16(2)14-18(24-20)25-12-4-3-5-13-25/h6-9,14H,3-5,10-13H2,1-2H3,(H,21,26)(H,22,23,24). The Labute approximate surface area is 155 Å². The molecule has 1 aromatic heterocycles. The van der Waals surface area contributed by atoms with Crippen LogP contribution < -0.4 is 15.5 Å². The lowest BCUT2D eigenvalue weighted by Gasteiger charge is -2.28. The summed E-state index contributed by atoms with van der Waals surface area (Å²) in [5.74, 6) is 1.55. The third-order valence-electron chi connectivity index (χ3n) is 4.53. The van der Waals surface area contributed by atoms with Gasteiger partial charge >= 0.3 is 0 Å². The van der Waals surface area contributed by atoms with E-state index >= 15 is 0 Å². The van der Waals surface area contributed by atoms with Crippen molar-refractivity contribution in [1.82, 2.24) is 15.3 Å². The Kier molecular flexibility index (Phi) is 6.04. The highest BCUT2D eigenvalue weighted by atomic mass is 16.1. The van der Waals surface area contributed by atoms with E-state index in [0.29, 0.717) is 24.6 Å². The highest BCUT2D eigenvalue weighted by Gasteiger charge is 2.13. The van der Waals surface area contributed by atoms with Gasteiger partial charge in [0, 0.05) is 43.5 Å². The zero-order chi connectivity index (χ0) is 18.4. The summed E-state index contributed by atoms with van der Waals surface area (Å²) in [5.41, 5.74) is 2.77. The second kappa shape index (κ2) is 8.65. The number of amides is 1. The Morgan fingerprint density at radius 2 is 1.77 bits per heavy atom. The van der Waals surface area contributed by atoms with E-state index in [0.717, 1.165) is 30.2 Å². The summed E-state index contributed by atoms with van der Waals surface area (Å²) in [4.78, 5) is 23.5. The predicted molar refractivity (Wildman–Crippen MR) is 105 cm³/mol. The van der Waals surface area contributed by atoms with E-state index in [-0.39, 0.29) is 5.91 Å². The van der Waals surface area contributed by atoms with E-state index in [9.17, 15) is 4.79 Å². The van der Waals surface area contributed by atoms with Gasteiger partial charge in [0.15, 0.2) is 0 Å². The highest BCUT2D eigenvalue weighted by Crippen LogP contribution is 2.19. The van der Waals surface area contributed by atoms with Crippen LogP contribution in [0.1, 0.15) is 40.9 Å². The van der Waals surface area contributed by atoms with Crippen molar-refractivity contribution in [2.75, 3.05) is 36.4 Å². The van der Waals surface area contributed by atoms with Crippen LogP contribution in [0, 0.1) is 13.8 Å². The number of aryl methyl sites for hydroxylation is 2. The lowest BCUT2D eigenvalue weighted by molar-refractivity contribution is 0.0955. The van der Waals surface area contributed by atoms with Crippen LogP contribution in [-0.4, -0.2) is 42.1 Å². The van der Waals surface area contributed by atoms with E-state index in [1.54, 1.807) is 0 Å². The van der Waals surface area contributed by atoms with E-state index in [1.807, 2.05) is 44.2 Å². The maximum absolute atomic E-state index is 12.1. The molecule has 0 bridgehead atoms. The van der Waals surface area contributed by atoms with E-state index in [4.69, 9.17) is 0 Å². The molecule has 26 heavy (non-hydrogen) atoms. The van der Waals surface area contributed by atoms with Gasteiger partial charge in [-0.05, 0) is 45.2 Å². The van der Waals surface area contributed by atoms with Crippen LogP contribution in [-0.2, 0) is 0 Å². The number of carbonyl (C=O) groups is 1. The average molecular weight is 353 g/mol. The average Bonchev–Trinajstić information content (AvgIpc) is 2.66. The summed E-state index contributed by atoms with van der Waals surface area (Å²) in [6, 6.07) is 9.60. The van der Waals surface area contributed by atoms with E-state index in [1.165, 1.54) is 19.3 Å². The van der Waals surface area contributed by atoms with Crippen molar-refractivity contribution >= 4 is 17.7 Å². The van der Waals surface area contributed by atoms with Gasteiger partial charge in [-0.3, -0.25) is 4.79 Å². The minimum absolute atomic E-state index is 0.0639. The van der Waals surface area contributed by atoms with Gasteiger partial charge in [0.1, 0.15) is 5.82 Å². The molecule has 1 aliphatic rings. The number of hydrogen-bond donors (Lipinski definition) is 2. The maximum Gasteiger partial charge on any atom is 0.251 e. The molecule has 2 N–H and O–H groups in total. The predicted octanol–water partition coefficient (Wildman–Crippen LogP) is 2.93. The molecule has 0 unspecified atom stereocenters. The fourth-order valence-corrected chi connectivity index (χ4v) is 3.07.